The minimum absolute atomic E-state index is 0.267. The molecule has 2 aromatic heterocycles. The molecule has 0 saturated carbocycles. The average molecular weight is 700 g/mol. The fraction of sp³-hybridized carbons (Fsp3) is 0.0833. The molecule has 0 aliphatic carbocycles. The Labute approximate surface area is 286 Å². The van der Waals surface area contributed by atoms with Gasteiger partial charge in [-0.3, -0.25) is 14.2 Å². The molecule has 50 heavy (non-hydrogen) atoms. The summed E-state index contributed by atoms with van der Waals surface area (Å²) in [7, 11) is 0. The van der Waals surface area contributed by atoms with Crippen molar-refractivity contribution < 1.29 is 31.8 Å². The summed E-state index contributed by atoms with van der Waals surface area (Å²) >= 11 is 1.31. The standard InChI is InChI=1S/C36H25F4N5O4S/c37-27-5-1-23(2-6-27)21-50-35-44-34(47)26(17-24-18-41-22-42-19-24)20-45(35)29-9-3-25(4-10-29)33(46)43-28-7-11-30(12-8-28)48-31-13-15-32(16-14-31)49-36(38,39)40/h1-16,18-20,22H,17,21H2,(H,43,46). The maximum atomic E-state index is 13.4. The van der Waals surface area contributed by atoms with Gasteiger partial charge in [0.15, 0.2) is 5.16 Å². The smallest absolute Gasteiger partial charge is 0.457 e. The van der Waals surface area contributed by atoms with Gasteiger partial charge in [0.25, 0.3) is 11.5 Å². The fourth-order valence-electron chi connectivity index (χ4n) is 4.68. The normalized spacial score (nSPS) is 11.2. The van der Waals surface area contributed by atoms with Crippen molar-refractivity contribution in [3.63, 3.8) is 0 Å². The van der Waals surface area contributed by atoms with Crippen LogP contribution in [-0.4, -0.2) is 31.8 Å². The lowest BCUT2D eigenvalue weighted by molar-refractivity contribution is -0.274. The average Bonchev–Trinajstić information content (AvgIpc) is 3.10. The maximum Gasteiger partial charge on any atom is 0.573 e. The summed E-state index contributed by atoms with van der Waals surface area (Å²) in [6.45, 7) is 0. The summed E-state index contributed by atoms with van der Waals surface area (Å²) in [5.74, 6) is 0.0529. The summed E-state index contributed by atoms with van der Waals surface area (Å²) in [6, 6.07) is 24.3. The minimum atomic E-state index is -4.79. The van der Waals surface area contributed by atoms with Gasteiger partial charge in [-0.05, 0) is 96.1 Å². The van der Waals surface area contributed by atoms with Crippen LogP contribution in [0.2, 0.25) is 0 Å². The van der Waals surface area contributed by atoms with Crippen molar-refractivity contribution >= 4 is 23.4 Å². The number of halogens is 4. The highest BCUT2D eigenvalue weighted by molar-refractivity contribution is 7.98. The van der Waals surface area contributed by atoms with Crippen LogP contribution in [0, 0.1) is 5.82 Å². The summed E-state index contributed by atoms with van der Waals surface area (Å²) in [6.07, 6.45) is 1.84. The van der Waals surface area contributed by atoms with Crippen molar-refractivity contribution in [2.75, 3.05) is 5.32 Å². The van der Waals surface area contributed by atoms with E-state index < -0.39 is 11.9 Å². The van der Waals surface area contributed by atoms with Crippen LogP contribution in [-0.2, 0) is 12.2 Å². The second-order valence-electron chi connectivity index (χ2n) is 10.7. The lowest BCUT2D eigenvalue weighted by atomic mass is 10.1. The van der Waals surface area contributed by atoms with Gasteiger partial charge in [0.05, 0.1) is 0 Å². The number of nitrogens with one attached hydrogen (secondary N) is 1. The third-order valence-electron chi connectivity index (χ3n) is 7.07. The van der Waals surface area contributed by atoms with Gasteiger partial charge in [0.1, 0.15) is 29.4 Å². The molecule has 0 spiro atoms. The van der Waals surface area contributed by atoms with Crippen molar-refractivity contribution in [1.29, 1.82) is 0 Å². The largest absolute Gasteiger partial charge is 0.573 e. The molecule has 0 aliphatic rings. The van der Waals surface area contributed by atoms with Gasteiger partial charge in [-0.2, -0.15) is 4.98 Å². The first kappa shape index (κ1) is 33.9. The molecule has 1 N–H and O–H groups in total. The fourth-order valence-corrected chi connectivity index (χ4v) is 5.62. The number of thioether (sulfide) groups is 1. The molecule has 0 radical (unpaired) electrons. The lowest BCUT2D eigenvalue weighted by Crippen LogP contribution is -2.19. The second kappa shape index (κ2) is 15.0. The molecule has 6 aromatic rings. The van der Waals surface area contributed by atoms with E-state index >= 15 is 0 Å². The number of benzene rings is 4. The molecule has 9 nitrogen and oxygen atoms in total. The Hall–Kier alpha value is -6.02. The first-order valence-corrected chi connectivity index (χ1v) is 15.9. The predicted octanol–water partition coefficient (Wildman–Crippen LogP) is 7.99. The molecule has 0 fully saturated rings. The summed E-state index contributed by atoms with van der Waals surface area (Å²) in [5.41, 5.74) is 3.12. The Kier molecular flexibility index (Phi) is 10.2. The first-order valence-electron chi connectivity index (χ1n) is 14.9. The Morgan fingerprint density at radius 2 is 1.42 bits per heavy atom. The Morgan fingerprint density at radius 1 is 0.800 bits per heavy atom. The molecular weight excluding hydrogens is 674 g/mol. The van der Waals surface area contributed by atoms with Crippen LogP contribution in [0.4, 0.5) is 23.2 Å². The monoisotopic (exact) mass is 699 g/mol. The molecule has 0 aliphatic heterocycles. The topological polar surface area (TPSA) is 108 Å². The number of ether oxygens (including phenoxy) is 2. The zero-order chi connectivity index (χ0) is 35.1. The highest BCUT2D eigenvalue weighted by Gasteiger charge is 2.31. The van der Waals surface area contributed by atoms with Crippen molar-refractivity contribution in [3.05, 3.63) is 160 Å². The third kappa shape index (κ3) is 9.11. The number of anilines is 1. The van der Waals surface area contributed by atoms with E-state index in [1.54, 1.807) is 83.8 Å². The summed E-state index contributed by atoms with van der Waals surface area (Å²) in [5, 5.41) is 3.23. The Balaban J connectivity index is 1.15. The zero-order valence-electron chi connectivity index (χ0n) is 25.8. The lowest BCUT2D eigenvalue weighted by Gasteiger charge is -2.15. The van der Waals surface area contributed by atoms with Gasteiger partial charge < -0.3 is 14.8 Å². The van der Waals surface area contributed by atoms with Crippen molar-refractivity contribution in [2.45, 2.75) is 23.7 Å². The number of alkyl halides is 3. The summed E-state index contributed by atoms with van der Waals surface area (Å²) < 4.78 is 61.9. The maximum absolute atomic E-state index is 13.4. The number of aromatic nitrogens is 4. The minimum Gasteiger partial charge on any atom is -0.457 e. The number of nitrogens with zero attached hydrogens (tertiary/aromatic N) is 4. The molecule has 0 unspecified atom stereocenters. The molecule has 1 amide bonds. The number of hydrogen-bond donors (Lipinski definition) is 1. The molecule has 0 bridgehead atoms. The van der Waals surface area contributed by atoms with E-state index in [2.05, 4.69) is 25.0 Å². The van der Waals surface area contributed by atoms with E-state index in [1.165, 1.54) is 42.4 Å². The van der Waals surface area contributed by atoms with E-state index in [1.807, 2.05) is 0 Å². The van der Waals surface area contributed by atoms with Crippen LogP contribution in [0.25, 0.3) is 5.69 Å². The molecule has 0 saturated heterocycles. The number of hydrogen-bond acceptors (Lipinski definition) is 8. The van der Waals surface area contributed by atoms with Crippen LogP contribution < -0.4 is 20.3 Å². The molecule has 2 heterocycles. The predicted molar refractivity (Wildman–Crippen MR) is 178 cm³/mol. The van der Waals surface area contributed by atoms with Crippen molar-refractivity contribution in [2.24, 2.45) is 0 Å². The quantitative estimate of drug-likeness (QED) is 0.0824. The molecule has 0 atom stereocenters. The van der Waals surface area contributed by atoms with Gasteiger partial charge in [-0.25, -0.2) is 14.4 Å². The molecule has 252 valence electrons. The molecule has 14 heteroatoms. The van der Waals surface area contributed by atoms with Crippen LogP contribution >= 0.6 is 11.8 Å². The number of carbonyl (C=O) groups excluding carboxylic acids is 1. The van der Waals surface area contributed by atoms with Gasteiger partial charge in [0, 0.05) is 53.3 Å². The SMILES string of the molecule is O=C(Nc1ccc(Oc2ccc(OC(F)(F)F)cc2)cc1)c1ccc(-n2cc(Cc3cncnc3)c(=O)nc2SCc2ccc(F)cc2)cc1. The molecule has 4 aromatic carbocycles. The molecule has 6 rings (SSSR count). The zero-order valence-corrected chi connectivity index (χ0v) is 26.6. The van der Waals surface area contributed by atoms with Gasteiger partial charge in [-0.15, -0.1) is 13.2 Å². The highest BCUT2D eigenvalue weighted by Crippen LogP contribution is 2.29. The number of rotatable bonds is 11. The van der Waals surface area contributed by atoms with Crippen LogP contribution in [0.15, 0.2) is 132 Å². The Morgan fingerprint density at radius 3 is 2.06 bits per heavy atom. The third-order valence-corrected chi connectivity index (χ3v) is 8.09. The highest BCUT2D eigenvalue weighted by atomic mass is 32.2. The number of amides is 1. The van der Waals surface area contributed by atoms with Crippen LogP contribution in [0.3, 0.4) is 0 Å². The summed E-state index contributed by atoms with van der Waals surface area (Å²) in [4.78, 5) is 38.5. The van der Waals surface area contributed by atoms with E-state index in [4.69, 9.17) is 4.74 Å². The number of carbonyl (C=O) groups is 1. The van der Waals surface area contributed by atoms with Crippen molar-refractivity contribution in [3.8, 4) is 22.9 Å². The van der Waals surface area contributed by atoms with Crippen LogP contribution in [0.1, 0.15) is 27.0 Å². The van der Waals surface area contributed by atoms with Crippen molar-refractivity contribution in [1.82, 2.24) is 19.5 Å². The van der Waals surface area contributed by atoms with Gasteiger partial charge in [-0.1, -0.05) is 23.9 Å². The van der Waals surface area contributed by atoms with E-state index in [-0.39, 0.29) is 23.9 Å². The van der Waals surface area contributed by atoms with E-state index in [9.17, 15) is 27.2 Å². The van der Waals surface area contributed by atoms with E-state index in [0.717, 1.165) is 23.3 Å². The second-order valence-corrected chi connectivity index (χ2v) is 11.7. The Bertz CT molecular complexity index is 2130. The first-order chi connectivity index (χ1) is 24.1. The molecular formula is C36H25F4N5O4S. The van der Waals surface area contributed by atoms with E-state index in [0.29, 0.717) is 44.9 Å². The van der Waals surface area contributed by atoms with Crippen LogP contribution in [0.5, 0.6) is 17.2 Å². The van der Waals surface area contributed by atoms with Gasteiger partial charge in [0.2, 0.25) is 0 Å². The van der Waals surface area contributed by atoms with Gasteiger partial charge >= 0.3 is 6.36 Å².